The van der Waals surface area contributed by atoms with Crippen LogP contribution in [0.25, 0.3) is 0 Å². The van der Waals surface area contributed by atoms with Crippen LogP contribution >= 0.6 is 0 Å². The summed E-state index contributed by atoms with van der Waals surface area (Å²) >= 11 is 0. The highest BCUT2D eigenvalue weighted by Crippen LogP contribution is 2.22. The molecule has 0 aliphatic carbocycles. The number of anilines is 1. The fourth-order valence-electron chi connectivity index (χ4n) is 1.32. The fourth-order valence-corrected chi connectivity index (χ4v) is 1.32. The summed E-state index contributed by atoms with van der Waals surface area (Å²) < 4.78 is 5.67. The first-order valence-corrected chi connectivity index (χ1v) is 5.98. The molecule has 0 amide bonds. The molecule has 1 heterocycles. The average molecular weight is 221 g/mol. The van der Waals surface area contributed by atoms with E-state index in [4.69, 9.17) is 4.74 Å². The third kappa shape index (κ3) is 4.51. The van der Waals surface area contributed by atoms with Gasteiger partial charge in [0, 0.05) is 12.7 Å². The lowest BCUT2D eigenvalue weighted by atomic mass is 10.3. The molecule has 3 heteroatoms. The van der Waals surface area contributed by atoms with Crippen molar-refractivity contribution in [3.8, 4) is 5.75 Å². The largest absolute Gasteiger partial charge is 0.490 e. The average Bonchev–Trinajstić information content (AvgIpc) is 2.32. The lowest BCUT2D eigenvalue weighted by Gasteiger charge is -2.12. The highest BCUT2D eigenvalue weighted by molar-refractivity contribution is 5.54. The second-order valence-corrected chi connectivity index (χ2v) is 3.71. The molecule has 0 saturated heterocycles. The molecule has 0 aliphatic heterocycles. The first-order chi connectivity index (χ1) is 7.88. The zero-order chi connectivity index (χ0) is 11.6. The molecule has 0 aliphatic rings. The van der Waals surface area contributed by atoms with Gasteiger partial charge in [-0.2, -0.15) is 0 Å². The standard InChI is InChI=1S/C13H21N2O/c1-3-5-8-15-12-7-9-14-11-13(12)16-10-6-4-2/h7,9,11H,1,3-6,8,10H2,2H3,(H,14,15). The lowest BCUT2D eigenvalue weighted by Crippen LogP contribution is -2.05. The van der Waals surface area contributed by atoms with Gasteiger partial charge in [0.2, 0.25) is 0 Å². The highest BCUT2D eigenvalue weighted by Gasteiger charge is 2.01. The number of hydrogen-bond acceptors (Lipinski definition) is 3. The summed E-state index contributed by atoms with van der Waals surface area (Å²) in [6.45, 7) is 7.65. The number of nitrogens with one attached hydrogen (secondary N) is 1. The molecule has 16 heavy (non-hydrogen) atoms. The molecular weight excluding hydrogens is 200 g/mol. The van der Waals surface area contributed by atoms with Crippen molar-refractivity contribution in [3.63, 3.8) is 0 Å². The summed E-state index contributed by atoms with van der Waals surface area (Å²) in [7, 11) is 0. The van der Waals surface area contributed by atoms with Gasteiger partial charge in [-0.05, 0) is 18.9 Å². The molecule has 0 fully saturated rings. The van der Waals surface area contributed by atoms with Crippen molar-refractivity contribution in [1.82, 2.24) is 4.98 Å². The van der Waals surface area contributed by atoms with Gasteiger partial charge in [-0.1, -0.05) is 26.7 Å². The Morgan fingerprint density at radius 1 is 1.44 bits per heavy atom. The monoisotopic (exact) mass is 221 g/mol. The Morgan fingerprint density at radius 3 is 3.06 bits per heavy atom. The van der Waals surface area contributed by atoms with Crippen molar-refractivity contribution in [2.24, 2.45) is 0 Å². The molecule has 0 atom stereocenters. The summed E-state index contributed by atoms with van der Waals surface area (Å²) in [5.74, 6) is 0.847. The Kier molecular flexibility index (Phi) is 6.38. The predicted octanol–water partition coefficient (Wildman–Crippen LogP) is 3.29. The summed E-state index contributed by atoms with van der Waals surface area (Å²) in [5.41, 5.74) is 1.03. The Balaban J connectivity index is 2.46. The molecule has 1 N–H and O–H groups in total. The third-order valence-electron chi connectivity index (χ3n) is 2.28. The summed E-state index contributed by atoms with van der Waals surface area (Å²) in [5, 5.41) is 3.34. The summed E-state index contributed by atoms with van der Waals surface area (Å²) in [6.07, 6.45) is 7.78. The van der Waals surface area contributed by atoms with Crippen molar-refractivity contribution in [3.05, 3.63) is 25.4 Å². The topological polar surface area (TPSA) is 34.2 Å². The van der Waals surface area contributed by atoms with Crippen molar-refractivity contribution < 1.29 is 4.74 Å². The molecule has 0 bridgehead atoms. The number of hydrogen-bond donors (Lipinski definition) is 1. The molecule has 1 radical (unpaired) electrons. The van der Waals surface area contributed by atoms with Crippen LogP contribution in [0, 0.1) is 6.92 Å². The zero-order valence-corrected chi connectivity index (χ0v) is 10.0. The van der Waals surface area contributed by atoms with Crippen LogP contribution in [0.3, 0.4) is 0 Å². The normalized spacial score (nSPS) is 10.1. The molecular formula is C13H21N2O. The van der Waals surface area contributed by atoms with E-state index in [0.717, 1.165) is 50.3 Å². The fraction of sp³-hybridized carbons (Fsp3) is 0.538. The van der Waals surface area contributed by atoms with E-state index in [9.17, 15) is 0 Å². The van der Waals surface area contributed by atoms with Gasteiger partial charge in [0.05, 0.1) is 18.5 Å². The second-order valence-electron chi connectivity index (χ2n) is 3.71. The Hall–Kier alpha value is -1.25. The second kappa shape index (κ2) is 7.97. The van der Waals surface area contributed by atoms with Crippen LogP contribution in [-0.2, 0) is 0 Å². The molecule has 1 aromatic rings. The zero-order valence-electron chi connectivity index (χ0n) is 10.0. The number of aromatic nitrogens is 1. The smallest absolute Gasteiger partial charge is 0.160 e. The van der Waals surface area contributed by atoms with Crippen LogP contribution in [0.4, 0.5) is 5.69 Å². The first-order valence-electron chi connectivity index (χ1n) is 5.98. The SMILES string of the molecule is [CH2]CCCNc1ccncc1OCCCC. The molecule has 1 rings (SSSR count). The first kappa shape index (κ1) is 12.8. The molecule has 0 saturated carbocycles. The van der Waals surface area contributed by atoms with E-state index < -0.39 is 0 Å². The van der Waals surface area contributed by atoms with E-state index in [0.29, 0.717) is 0 Å². The van der Waals surface area contributed by atoms with Gasteiger partial charge in [-0.15, -0.1) is 0 Å². The summed E-state index contributed by atoms with van der Waals surface area (Å²) in [6, 6.07) is 1.95. The van der Waals surface area contributed by atoms with Crippen LogP contribution in [0.5, 0.6) is 5.75 Å². The van der Waals surface area contributed by atoms with E-state index in [1.807, 2.05) is 6.07 Å². The lowest BCUT2D eigenvalue weighted by molar-refractivity contribution is 0.309. The molecule has 89 valence electrons. The van der Waals surface area contributed by atoms with E-state index in [2.05, 4.69) is 24.1 Å². The van der Waals surface area contributed by atoms with Crippen LogP contribution in [-0.4, -0.2) is 18.1 Å². The van der Waals surface area contributed by atoms with Gasteiger partial charge < -0.3 is 10.1 Å². The maximum Gasteiger partial charge on any atom is 0.160 e. The Morgan fingerprint density at radius 2 is 2.31 bits per heavy atom. The Labute approximate surface area is 98.2 Å². The number of pyridine rings is 1. The van der Waals surface area contributed by atoms with Crippen molar-refractivity contribution in [1.29, 1.82) is 0 Å². The van der Waals surface area contributed by atoms with E-state index in [1.54, 1.807) is 12.4 Å². The van der Waals surface area contributed by atoms with E-state index in [-0.39, 0.29) is 0 Å². The van der Waals surface area contributed by atoms with Crippen molar-refractivity contribution in [2.45, 2.75) is 32.6 Å². The third-order valence-corrected chi connectivity index (χ3v) is 2.28. The summed E-state index contributed by atoms with van der Waals surface area (Å²) in [4.78, 5) is 4.07. The highest BCUT2D eigenvalue weighted by atomic mass is 16.5. The van der Waals surface area contributed by atoms with Crippen LogP contribution < -0.4 is 10.1 Å². The minimum Gasteiger partial charge on any atom is -0.490 e. The van der Waals surface area contributed by atoms with Gasteiger partial charge in [0.25, 0.3) is 0 Å². The number of ether oxygens (including phenoxy) is 1. The molecule has 3 nitrogen and oxygen atoms in total. The minimum atomic E-state index is 0.756. The minimum absolute atomic E-state index is 0.756. The number of nitrogens with zero attached hydrogens (tertiary/aromatic N) is 1. The predicted molar refractivity (Wildman–Crippen MR) is 67.7 cm³/mol. The van der Waals surface area contributed by atoms with Crippen molar-refractivity contribution in [2.75, 3.05) is 18.5 Å². The van der Waals surface area contributed by atoms with Crippen LogP contribution in [0.1, 0.15) is 32.6 Å². The van der Waals surface area contributed by atoms with Crippen LogP contribution in [0.15, 0.2) is 18.5 Å². The van der Waals surface area contributed by atoms with Gasteiger partial charge in [-0.3, -0.25) is 4.98 Å². The molecule has 0 aromatic carbocycles. The maximum atomic E-state index is 5.67. The van der Waals surface area contributed by atoms with Gasteiger partial charge in [-0.25, -0.2) is 0 Å². The maximum absolute atomic E-state index is 5.67. The van der Waals surface area contributed by atoms with Gasteiger partial charge >= 0.3 is 0 Å². The molecule has 0 unspecified atom stereocenters. The van der Waals surface area contributed by atoms with Crippen molar-refractivity contribution >= 4 is 5.69 Å². The van der Waals surface area contributed by atoms with E-state index >= 15 is 0 Å². The number of unbranched alkanes of at least 4 members (excludes halogenated alkanes) is 2. The molecule has 1 aromatic heterocycles. The van der Waals surface area contributed by atoms with Gasteiger partial charge in [0.15, 0.2) is 5.75 Å². The quantitative estimate of drug-likeness (QED) is 0.684. The van der Waals surface area contributed by atoms with Gasteiger partial charge in [0.1, 0.15) is 0 Å². The molecule has 0 spiro atoms. The number of rotatable bonds is 8. The Bertz CT molecular complexity index is 260. The van der Waals surface area contributed by atoms with Crippen LogP contribution in [0.2, 0.25) is 0 Å². The van der Waals surface area contributed by atoms with E-state index in [1.165, 1.54) is 0 Å².